The third-order valence-corrected chi connectivity index (χ3v) is 5.67. The van der Waals surface area contributed by atoms with Crippen LogP contribution in [0, 0.1) is 0 Å². The Balaban J connectivity index is 1.81. The van der Waals surface area contributed by atoms with Gasteiger partial charge in [-0.15, -0.1) is 0 Å². The van der Waals surface area contributed by atoms with Crippen LogP contribution in [0.4, 0.5) is 0 Å². The maximum absolute atomic E-state index is 12.6. The van der Waals surface area contributed by atoms with Crippen molar-refractivity contribution < 1.29 is 22.6 Å². The molecule has 1 aliphatic heterocycles. The van der Waals surface area contributed by atoms with Crippen LogP contribution < -0.4 is 18.9 Å². The molecule has 0 unspecified atom stereocenters. The van der Waals surface area contributed by atoms with Crippen molar-refractivity contribution >= 4 is 21.6 Å². The quantitative estimate of drug-likeness (QED) is 0.858. The molecule has 0 amide bonds. The van der Waals surface area contributed by atoms with Crippen molar-refractivity contribution in [3.63, 3.8) is 0 Å². The summed E-state index contributed by atoms with van der Waals surface area (Å²) in [5, 5.41) is 0.234. The Kier molecular flexibility index (Phi) is 5.08. The Labute approximate surface area is 151 Å². The number of nitrogens with one attached hydrogen (secondary N) is 1. The number of hydrogen-bond acceptors (Lipinski definition) is 5. The molecule has 25 heavy (non-hydrogen) atoms. The van der Waals surface area contributed by atoms with Crippen molar-refractivity contribution in [2.45, 2.75) is 17.9 Å². The van der Waals surface area contributed by atoms with Crippen LogP contribution in [-0.4, -0.2) is 28.7 Å². The molecule has 0 fully saturated rings. The van der Waals surface area contributed by atoms with Crippen molar-refractivity contribution in [1.29, 1.82) is 0 Å². The van der Waals surface area contributed by atoms with Gasteiger partial charge in [-0.1, -0.05) is 17.7 Å². The first-order valence-electron chi connectivity index (χ1n) is 7.66. The molecule has 0 spiro atoms. The Hall–Kier alpha value is -1.96. The van der Waals surface area contributed by atoms with E-state index in [-0.39, 0.29) is 9.92 Å². The minimum atomic E-state index is -3.74. The maximum Gasteiger partial charge on any atom is 0.241 e. The minimum absolute atomic E-state index is 0.0719. The van der Waals surface area contributed by atoms with Gasteiger partial charge < -0.3 is 14.2 Å². The van der Waals surface area contributed by atoms with Gasteiger partial charge in [-0.2, -0.15) is 0 Å². The molecule has 1 aliphatic rings. The first-order chi connectivity index (χ1) is 11.9. The molecular weight excluding hydrogens is 366 g/mol. The molecule has 0 aliphatic carbocycles. The number of fused-ring (bicyclic) bond motifs is 1. The molecule has 1 atom stereocenters. The number of ether oxygens (including phenoxy) is 3. The van der Waals surface area contributed by atoms with Crippen LogP contribution in [0.25, 0.3) is 0 Å². The lowest BCUT2D eigenvalue weighted by atomic mass is 10.1. The van der Waals surface area contributed by atoms with Gasteiger partial charge in [-0.25, -0.2) is 13.1 Å². The van der Waals surface area contributed by atoms with Crippen LogP contribution in [0.2, 0.25) is 5.02 Å². The molecule has 1 N–H and O–H groups in total. The number of sulfonamides is 1. The third kappa shape index (κ3) is 3.84. The third-order valence-electron chi connectivity index (χ3n) is 3.83. The molecule has 0 aromatic heterocycles. The highest BCUT2D eigenvalue weighted by molar-refractivity contribution is 7.89. The van der Waals surface area contributed by atoms with Crippen LogP contribution in [0.1, 0.15) is 18.5 Å². The lowest BCUT2D eigenvalue weighted by Gasteiger charge is -2.21. The van der Waals surface area contributed by atoms with Gasteiger partial charge in [0.15, 0.2) is 11.5 Å². The maximum atomic E-state index is 12.6. The molecule has 3 rings (SSSR count). The number of halogens is 1. The second kappa shape index (κ2) is 7.11. The Bertz CT molecular complexity index is 885. The van der Waals surface area contributed by atoms with E-state index in [1.807, 2.05) is 6.07 Å². The molecule has 8 heteroatoms. The SMILES string of the molecule is COc1ccc(S(=O)(=O)N[C@@H](C)c2ccc3c(c2)OCCO3)cc1Cl. The predicted octanol–water partition coefficient (Wildman–Crippen LogP) is 3.16. The normalized spacial score (nSPS) is 14.8. The average Bonchev–Trinajstić information content (AvgIpc) is 2.60. The van der Waals surface area contributed by atoms with E-state index in [2.05, 4.69) is 4.72 Å². The van der Waals surface area contributed by atoms with E-state index in [1.165, 1.54) is 25.3 Å². The van der Waals surface area contributed by atoms with Gasteiger partial charge in [0.05, 0.1) is 17.0 Å². The van der Waals surface area contributed by atoms with Gasteiger partial charge in [0.2, 0.25) is 10.0 Å². The first-order valence-corrected chi connectivity index (χ1v) is 9.52. The van der Waals surface area contributed by atoms with Gasteiger partial charge >= 0.3 is 0 Å². The fourth-order valence-electron chi connectivity index (χ4n) is 2.51. The summed E-state index contributed by atoms with van der Waals surface area (Å²) in [4.78, 5) is 0.0719. The van der Waals surface area contributed by atoms with E-state index in [0.29, 0.717) is 30.5 Å². The summed E-state index contributed by atoms with van der Waals surface area (Å²) >= 11 is 6.02. The topological polar surface area (TPSA) is 73.9 Å². The zero-order valence-electron chi connectivity index (χ0n) is 13.8. The molecule has 0 saturated carbocycles. The number of benzene rings is 2. The molecule has 0 saturated heterocycles. The molecule has 0 bridgehead atoms. The van der Waals surface area contributed by atoms with Crippen LogP contribution in [0.5, 0.6) is 17.2 Å². The summed E-state index contributed by atoms with van der Waals surface area (Å²) in [5.74, 6) is 1.69. The van der Waals surface area contributed by atoms with Crippen molar-refractivity contribution in [2.75, 3.05) is 20.3 Å². The molecular formula is C17H18ClNO5S. The summed E-state index contributed by atoms with van der Waals surface area (Å²) in [6.07, 6.45) is 0. The zero-order chi connectivity index (χ0) is 18.0. The highest BCUT2D eigenvalue weighted by Crippen LogP contribution is 2.33. The Morgan fingerprint density at radius 2 is 1.84 bits per heavy atom. The van der Waals surface area contributed by atoms with Gasteiger partial charge in [-0.05, 0) is 42.8 Å². The summed E-state index contributed by atoms with van der Waals surface area (Å²) in [6.45, 7) is 2.74. The second-order valence-corrected chi connectivity index (χ2v) is 7.66. The average molecular weight is 384 g/mol. The monoisotopic (exact) mass is 383 g/mol. The van der Waals surface area contributed by atoms with E-state index >= 15 is 0 Å². The van der Waals surface area contributed by atoms with Crippen molar-refractivity contribution in [3.8, 4) is 17.2 Å². The Morgan fingerprint density at radius 1 is 1.12 bits per heavy atom. The minimum Gasteiger partial charge on any atom is -0.495 e. The second-order valence-electron chi connectivity index (χ2n) is 5.54. The highest BCUT2D eigenvalue weighted by Gasteiger charge is 2.21. The Morgan fingerprint density at radius 3 is 2.52 bits per heavy atom. The van der Waals surface area contributed by atoms with E-state index in [9.17, 15) is 8.42 Å². The molecule has 0 radical (unpaired) electrons. The van der Waals surface area contributed by atoms with Crippen LogP contribution in [0.15, 0.2) is 41.3 Å². The lowest BCUT2D eigenvalue weighted by molar-refractivity contribution is 0.171. The predicted molar refractivity (Wildman–Crippen MR) is 94.2 cm³/mol. The van der Waals surface area contributed by atoms with Crippen LogP contribution in [-0.2, 0) is 10.0 Å². The fraction of sp³-hybridized carbons (Fsp3) is 0.294. The molecule has 1 heterocycles. The fourth-order valence-corrected chi connectivity index (χ4v) is 4.09. The smallest absolute Gasteiger partial charge is 0.241 e. The van der Waals surface area contributed by atoms with E-state index in [4.69, 9.17) is 25.8 Å². The van der Waals surface area contributed by atoms with Gasteiger partial charge in [0.25, 0.3) is 0 Å². The largest absolute Gasteiger partial charge is 0.495 e. The van der Waals surface area contributed by atoms with E-state index < -0.39 is 16.1 Å². The highest BCUT2D eigenvalue weighted by atomic mass is 35.5. The van der Waals surface area contributed by atoms with Crippen molar-refractivity contribution in [2.24, 2.45) is 0 Å². The van der Waals surface area contributed by atoms with E-state index in [1.54, 1.807) is 19.1 Å². The van der Waals surface area contributed by atoms with Crippen molar-refractivity contribution in [1.82, 2.24) is 4.72 Å². The molecule has 2 aromatic rings. The van der Waals surface area contributed by atoms with Gasteiger partial charge in [0, 0.05) is 6.04 Å². The summed E-state index contributed by atoms with van der Waals surface area (Å²) < 4.78 is 43.9. The van der Waals surface area contributed by atoms with Crippen molar-refractivity contribution in [3.05, 3.63) is 47.0 Å². The summed E-state index contributed by atoms with van der Waals surface area (Å²) in [7, 11) is -2.27. The lowest BCUT2D eigenvalue weighted by Crippen LogP contribution is -2.27. The molecule has 134 valence electrons. The molecule has 6 nitrogen and oxygen atoms in total. The first kappa shape index (κ1) is 17.8. The number of rotatable bonds is 5. The van der Waals surface area contributed by atoms with Gasteiger partial charge in [-0.3, -0.25) is 0 Å². The zero-order valence-corrected chi connectivity index (χ0v) is 15.4. The van der Waals surface area contributed by atoms with Crippen LogP contribution >= 0.6 is 11.6 Å². The number of hydrogen-bond donors (Lipinski definition) is 1. The standard InChI is InChI=1S/C17H18ClNO5S/c1-11(12-3-5-16-17(9-12)24-8-7-23-16)19-25(20,21)13-4-6-15(22-2)14(18)10-13/h3-6,9-11,19H,7-8H2,1-2H3/t11-/m0/s1. The number of methoxy groups -OCH3 is 1. The summed E-state index contributed by atoms with van der Waals surface area (Å²) in [5.41, 5.74) is 0.771. The van der Waals surface area contributed by atoms with Gasteiger partial charge in [0.1, 0.15) is 19.0 Å². The van der Waals surface area contributed by atoms with E-state index in [0.717, 1.165) is 5.56 Å². The molecule has 2 aromatic carbocycles. The van der Waals surface area contributed by atoms with Crippen LogP contribution in [0.3, 0.4) is 0 Å². The summed E-state index contributed by atoms with van der Waals surface area (Å²) in [6, 6.07) is 9.24.